The molecule has 2 atom stereocenters. The fourth-order valence-corrected chi connectivity index (χ4v) is 6.83. The molecule has 17 heavy (non-hydrogen) atoms. The van der Waals surface area contributed by atoms with Crippen LogP contribution in [0.15, 0.2) is 0 Å². The lowest BCUT2D eigenvalue weighted by Gasteiger charge is -2.35. The van der Waals surface area contributed by atoms with Gasteiger partial charge >= 0.3 is 0 Å². The molecule has 6 nitrogen and oxygen atoms in total. The number of sulfonamides is 1. The Bertz CT molecular complexity index is 483. The van der Waals surface area contributed by atoms with Gasteiger partial charge in [0.25, 0.3) is 0 Å². The highest BCUT2D eigenvalue weighted by molar-refractivity contribution is 8.06. The standard InChI is InChI=1S/C9H17NO5S2/c1-16(12,13)6-17(14,15)10-7-2-3-8(10)5-9(11)4-7/h7-9,11H,2-6H2,1H3. The summed E-state index contributed by atoms with van der Waals surface area (Å²) in [5, 5.41) is 8.74. The molecule has 0 aromatic carbocycles. The van der Waals surface area contributed by atoms with Gasteiger partial charge in [0.1, 0.15) is 0 Å². The van der Waals surface area contributed by atoms with Gasteiger partial charge in [-0.15, -0.1) is 0 Å². The Morgan fingerprint density at radius 1 is 1.12 bits per heavy atom. The summed E-state index contributed by atoms with van der Waals surface area (Å²) in [4.78, 5) is 0. The molecule has 0 aromatic heterocycles. The van der Waals surface area contributed by atoms with Crippen LogP contribution >= 0.6 is 0 Å². The monoisotopic (exact) mass is 283 g/mol. The van der Waals surface area contributed by atoms with Crippen LogP contribution < -0.4 is 0 Å². The molecule has 0 radical (unpaired) electrons. The van der Waals surface area contributed by atoms with Gasteiger partial charge in [-0.1, -0.05) is 0 Å². The molecule has 8 heteroatoms. The third-order valence-corrected chi connectivity index (χ3v) is 7.47. The Morgan fingerprint density at radius 2 is 1.59 bits per heavy atom. The van der Waals surface area contributed by atoms with E-state index >= 15 is 0 Å². The molecule has 0 spiro atoms. The van der Waals surface area contributed by atoms with Crippen molar-refractivity contribution < 1.29 is 21.9 Å². The SMILES string of the molecule is CS(=O)(=O)CS(=O)(=O)N1C2CCC1CC(O)C2. The van der Waals surface area contributed by atoms with Gasteiger partial charge in [-0.25, -0.2) is 16.8 Å². The van der Waals surface area contributed by atoms with E-state index < -0.39 is 31.0 Å². The maximum atomic E-state index is 12.0. The van der Waals surface area contributed by atoms with Gasteiger partial charge in [-0.05, 0) is 25.7 Å². The van der Waals surface area contributed by atoms with E-state index in [0.29, 0.717) is 25.7 Å². The first-order chi connectivity index (χ1) is 7.69. The van der Waals surface area contributed by atoms with Gasteiger partial charge in [-0.3, -0.25) is 0 Å². The fraction of sp³-hybridized carbons (Fsp3) is 1.00. The Balaban J connectivity index is 2.24. The molecule has 2 saturated heterocycles. The van der Waals surface area contributed by atoms with Crippen LogP contribution in [0.25, 0.3) is 0 Å². The van der Waals surface area contributed by atoms with E-state index in [4.69, 9.17) is 0 Å². The summed E-state index contributed by atoms with van der Waals surface area (Å²) in [6.07, 6.45) is 2.72. The van der Waals surface area contributed by atoms with Crippen LogP contribution in [0.4, 0.5) is 0 Å². The number of aliphatic hydroxyl groups excluding tert-OH is 1. The quantitative estimate of drug-likeness (QED) is 0.740. The van der Waals surface area contributed by atoms with Crippen LogP contribution in [0.1, 0.15) is 25.7 Å². The lowest BCUT2D eigenvalue weighted by atomic mass is 10.0. The van der Waals surface area contributed by atoms with Crippen molar-refractivity contribution in [2.45, 2.75) is 43.9 Å². The average molecular weight is 283 g/mol. The lowest BCUT2D eigenvalue weighted by molar-refractivity contribution is 0.0771. The van der Waals surface area contributed by atoms with Crippen LogP contribution in [0.2, 0.25) is 0 Å². The van der Waals surface area contributed by atoms with E-state index in [0.717, 1.165) is 6.26 Å². The molecule has 0 amide bonds. The van der Waals surface area contributed by atoms with Crippen molar-refractivity contribution in [1.29, 1.82) is 0 Å². The number of fused-ring (bicyclic) bond motifs is 2. The summed E-state index contributed by atoms with van der Waals surface area (Å²) in [7, 11) is -7.32. The maximum Gasteiger partial charge on any atom is 0.229 e. The van der Waals surface area contributed by atoms with Crippen molar-refractivity contribution in [3.8, 4) is 0 Å². The number of hydrogen-bond donors (Lipinski definition) is 1. The third-order valence-electron chi connectivity index (χ3n) is 3.33. The van der Waals surface area contributed by atoms with Crippen LogP contribution in [0.3, 0.4) is 0 Å². The van der Waals surface area contributed by atoms with Crippen molar-refractivity contribution in [3.05, 3.63) is 0 Å². The molecule has 2 aliphatic rings. The summed E-state index contributed by atoms with van der Waals surface area (Å²) >= 11 is 0. The molecule has 2 heterocycles. The van der Waals surface area contributed by atoms with Gasteiger partial charge in [0.2, 0.25) is 10.0 Å². The number of rotatable bonds is 3. The molecule has 0 aromatic rings. The van der Waals surface area contributed by atoms with Crippen molar-refractivity contribution >= 4 is 19.9 Å². The molecule has 1 N–H and O–H groups in total. The minimum Gasteiger partial charge on any atom is -0.393 e. The molecule has 0 saturated carbocycles. The summed E-state index contributed by atoms with van der Waals surface area (Å²) in [6.45, 7) is 0. The lowest BCUT2D eigenvalue weighted by Crippen LogP contribution is -2.49. The van der Waals surface area contributed by atoms with Gasteiger partial charge in [0, 0.05) is 18.3 Å². The zero-order chi connectivity index (χ0) is 12.8. The fourth-order valence-electron chi connectivity index (χ4n) is 2.89. The van der Waals surface area contributed by atoms with E-state index in [1.165, 1.54) is 4.31 Å². The summed E-state index contributed by atoms with van der Waals surface area (Å²) in [5.74, 6) is 0. The molecular formula is C9H17NO5S2. The topological polar surface area (TPSA) is 91.8 Å². The van der Waals surface area contributed by atoms with Crippen molar-refractivity contribution in [2.24, 2.45) is 0 Å². The largest absolute Gasteiger partial charge is 0.393 e. The number of piperidine rings is 1. The molecule has 2 fully saturated rings. The molecular weight excluding hydrogens is 266 g/mol. The second kappa shape index (κ2) is 4.18. The van der Waals surface area contributed by atoms with Crippen LogP contribution in [0, 0.1) is 0 Å². The van der Waals surface area contributed by atoms with Gasteiger partial charge in [0.15, 0.2) is 14.9 Å². The van der Waals surface area contributed by atoms with E-state index in [2.05, 4.69) is 0 Å². The predicted molar refractivity (Wildman–Crippen MR) is 62.5 cm³/mol. The highest BCUT2D eigenvalue weighted by Gasteiger charge is 2.46. The minimum absolute atomic E-state index is 0.226. The normalized spacial score (nSPS) is 35.1. The first-order valence-corrected chi connectivity index (χ1v) is 9.23. The van der Waals surface area contributed by atoms with E-state index in [-0.39, 0.29) is 12.1 Å². The zero-order valence-corrected chi connectivity index (χ0v) is 11.2. The van der Waals surface area contributed by atoms with Crippen molar-refractivity contribution in [1.82, 2.24) is 4.31 Å². The molecule has 100 valence electrons. The first-order valence-electron chi connectivity index (χ1n) is 5.56. The zero-order valence-electron chi connectivity index (χ0n) is 9.61. The van der Waals surface area contributed by atoms with Crippen molar-refractivity contribution in [2.75, 3.05) is 11.3 Å². The molecule has 2 unspecified atom stereocenters. The highest BCUT2D eigenvalue weighted by Crippen LogP contribution is 2.38. The third kappa shape index (κ3) is 2.81. The number of sulfone groups is 1. The molecule has 2 aliphatic heterocycles. The van der Waals surface area contributed by atoms with E-state index in [1.54, 1.807) is 0 Å². The molecule has 2 rings (SSSR count). The van der Waals surface area contributed by atoms with Crippen LogP contribution in [-0.2, 0) is 19.9 Å². The molecule has 0 aliphatic carbocycles. The number of aliphatic hydroxyl groups is 1. The smallest absolute Gasteiger partial charge is 0.229 e. The average Bonchev–Trinajstić information content (AvgIpc) is 2.36. The number of nitrogens with zero attached hydrogens (tertiary/aromatic N) is 1. The van der Waals surface area contributed by atoms with Gasteiger partial charge in [-0.2, -0.15) is 4.31 Å². The second-order valence-corrected chi connectivity index (χ2v) is 9.38. The summed E-state index contributed by atoms with van der Waals surface area (Å²) < 4.78 is 47.7. The van der Waals surface area contributed by atoms with Gasteiger partial charge in [0.05, 0.1) is 6.10 Å². The summed E-state index contributed by atoms with van der Waals surface area (Å²) in [6, 6.07) is -0.453. The first kappa shape index (κ1) is 13.3. The maximum absolute atomic E-state index is 12.0. The van der Waals surface area contributed by atoms with E-state index in [9.17, 15) is 21.9 Å². The number of hydrogen-bond acceptors (Lipinski definition) is 5. The minimum atomic E-state index is -3.77. The van der Waals surface area contributed by atoms with Gasteiger partial charge < -0.3 is 5.11 Å². The Hall–Kier alpha value is -0.180. The Kier molecular flexibility index (Phi) is 3.26. The molecule has 2 bridgehead atoms. The highest BCUT2D eigenvalue weighted by atomic mass is 32.3. The van der Waals surface area contributed by atoms with Crippen LogP contribution in [0.5, 0.6) is 0 Å². The van der Waals surface area contributed by atoms with Crippen molar-refractivity contribution in [3.63, 3.8) is 0 Å². The van der Waals surface area contributed by atoms with E-state index in [1.807, 2.05) is 0 Å². The predicted octanol–water partition coefficient (Wildman–Crippen LogP) is -0.694. The Labute approximate surface area is 102 Å². The summed E-state index contributed by atoms with van der Waals surface area (Å²) in [5.41, 5.74) is 0. The van der Waals surface area contributed by atoms with Crippen LogP contribution in [-0.4, -0.2) is 55.8 Å². The second-order valence-electron chi connectivity index (χ2n) is 5.00. The Morgan fingerprint density at radius 3 is 2.00 bits per heavy atom.